The van der Waals surface area contributed by atoms with Gasteiger partial charge in [0.05, 0.1) is 12.4 Å². The number of amides is 1. The highest BCUT2D eigenvalue weighted by molar-refractivity contribution is 8.36. The normalized spacial score (nSPS) is 13.0. The molecule has 0 aliphatic carbocycles. The van der Waals surface area contributed by atoms with Gasteiger partial charge in [0.15, 0.2) is 0 Å². The highest BCUT2D eigenvalue weighted by Crippen LogP contribution is 2.15. The summed E-state index contributed by atoms with van der Waals surface area (Å²) in [6.07, 6.45) is 1.89. The molecule has 0 aromatic rings. The topological polar surface area (TPSA) is 66.8 Å². The van der Waals surface area contributed by atoms with Crippen molar-refractivity contribution in [3.63, 3.8) is 0 Å². The van der Waals surface area contributed by atoms with E-state index >= 15 is 0 Å². The molecule has 0 saturated heterocycles. The highest BCUT2D eigenvalue weighted by Gasteiger charge is 2.15. The zero-order valence-electron chi connectivity index (χ0n) is 10.2. The molecule has 0 aromatic heterocycles. The van der Waals surface area contributed by atoms with Crippen molar-refractivity contribution in [1.82, 2.24) is 4.90 Å². The van der Waals surface area contributed by atoms with Gasteiger partial charge >= 0.3 is 5.97 Å². The Labute approximate surface area is 109 Å². The van der Waals surface area contributed by atoms with Gasteiger partial charge in [0.1, 0.15) is 12.2 Å². The Balaban J connectivity index is 4.56. The Hall–Kier alpha value is -0.230. The molecule has 5 nitrogen and oxygen atoms in total. The van der Waals surface area contributed by atoms with Gasteiger partial charge in [-0.2, -0.15) is 0 Å². The van der Waals surface area contributed by atoms with E-state index in [2.05, 4.69) is 0 Å². The first-order chi connectivity index (χ1) is 7.92. The van der Waals surface area contributed by atoms with Crippen molar-refractivity contribution in [2.24, 2.45) is 0 Å². The van der Waals surface area contributed by atoms with Gasteiger partial charge in [-0.3, -0.25) is 9.59 Å². The lowest BCUT2D eigenvalue weighted by atomic mass is 10.4. The molecule has 0 bridgehead atoms. The molecular weight excluding hydrogens is 281 g/mol. The molecule has 2 atom stereocenters. The summed E-state index contributed by atoms with van der Waals surface area (Å²) in [4.78, 5) is 23.7. The molecule has 1 amide bonds. The van der Waals surface area contributed by atoms with E-state index in [0.717, 1.165) is 0 Å². The van der Waals surface area contributed by atoms with E-state index in [4.69, 9.17) is 21.4 Å². The molecule has 0 aliphatic rings. The molecule has 0 heterocycles. The minimum atomic E-state index is -1.01. The first-order valence-corrected chi connectivity index (χ1v) is 9.82. The van der Waals surface area contributed by atoms with Crippen LogP contribution in [0, 0.1) is 0 Å². The maximum absolute atomic E-state index is 11.8. The van der Waals surface area contributed by atoms with Gasteiger partial charge < -0.3 is 14.5 Å². The Morgan fingerprint density at radius 3 is 2.47 bits per heavy atom. The monoisotopic (exact) mass is 299 g/mol. The first-order valence-electron chi connectivity index (χ1n) is 5.14. The van der Waals surface area contributed by atoms with Crippen LogP contribution in [0.15, 0.2) is 0 Å². The summed E-state index contributed by atoms with van der Waals surface area (Å²) in [5.74, 6) is -0.893. The molecule has 0 aliphatic heterocycles. The third kappa shape index (κ3) is 6.93. The summed E-state index contributed by atoms with van der Waals surface area (Å²) in [5.41, 5.74) is -1.01. The SMILES string of the molecule is CCOP(=S)=S(C)CC(=O)N(CC)CC(=O)O. The van der Waals surface area contributed by atoms with Gasteiger partial charge in [0.25, 0.3) is 0 Å². The highest BCUT2D eigenvalue weighted by atomic mass is 32.7. The summed E-state index contributed by atoms with van der Waals surface area (Å²) < 4.78 is 5.30. The molecule has 17 heavy (non-hydrogen) atoms. The predicted octanol–water partition coefficient (Wildman–Crippen LogP) is 0.978. The van der Waals surface area contributed by atoms with Crippen molar-refractivity contribution in [3.05, 3.63) is 0 Å². The number of carbonyl (C=O) groups is 2. The lowest BCUT2D eigenvalue weighted by Gasteiger charge is -2.18. The van der Waals surface area contributed by atoms with Gasteiger partial charge in [-0.25, -0.2) is 0 Å². The van der Waals surface area contributed by atoms with Crippen LogP contribution >= 0.6 is 5.70 Å². The van der Waals surface area contributed by atoms with E-state index in [1.807, 2.05) is 13.2 Å². The number of carbonyl (C=O) groups excluding carboxylic acids is 1. The van der Waals surface area contributed by atoms with Crippen molar-refractivity contribution >= 4 is 39.5 Å². The molecule has 0 fully saturated rings. The summed E-state index contributed by atoms with van der Waals surface area (Å²) in [6, 6.07) is 0. The average molecular weight is 299 g/mol. The van der Waals surface area contributed by atoms with Gasteiger partial charge in [0.2, 0.25) is 5.91 Å². The van der Waals surface area contributed by atoms with Crippen molar-refractivity contribution in [2.75, 3.05) is 31.7 Å². The molecule has 0 rings (SSSR count). The van der Waals surface area contributed by atoms with Crippen molar-refractivity contribution < 1.29 is 19.2 Å². The maximum atomic E-state index is 11.8. The zero-order chi connectivity index (χ0) is 13.4. The maximum Gasteiger partial charge on any atom is 0.323 e. The van der Waals surface area contributed by atoms with Crippen LogP contribution in [-0.4, -0.2) is 53.6 Å². The fraction of sp³-hybridized carbons (Fsp3) is 0.778. The van der Waals surface area contributed by atoms with E-state index in [-0.39, 0.29) is 28.3 Å². The van der Waals surface area contributed by atoms with E-state index in [9.17, 15) is 9.59 Å². The lowest BCUT2D eigenvalue weighted by Crippen LogP contribution is -2.37. The summed E-state index contributed by atoms with van der Waals surface area (Å²) in [5, 5.41) is 8.66. The minimum Gasteiger partial charge on any atom is -0.480 e. The van der Waals surface area contributed by atoms with Crippen molar-refractivity contribution in [3.8, 4) is 0 Å². The Morgan fingerprint density at radius 1 is 1.47 bits per heavy atom. The predicted molar refractivity (Wildman–Crippen MR) is 74.0 cm³/mol. The zero-order valence-corrected chi connectivity index (χ0v) is 12.7. The van der Waals surface area contributed by atoms with Crippen LogP contribution in [0.5, 0.6) is 0 Å². The fourth-order valence-corrected chi connectivity index (χ4v) is 4.39. The van der Waals surface area contributed by atoms with Crippen molar-refractivity contribution in [1.29, 1.82) is 0 Å². The van der Waals surface area contributed by atoms with Crippen LogP contribution in [0.1, 0.15) is 13.8 Å². The smallest absolute Gasteiger partial charge is 0.323 e. The number of likely N-dealkylation sites (N-methyl/N-ethyl adjacent to an activating group) is 1. The number of rotatable bonds is 7. The van der Waals surface area contributed by atoms with E-state index in [1.165, 1.54) is 4.90 Å². The third-order valence-electron chi connectivity index (χ3n) is 1.88. The molecule has 0 spiro atoms. The standard InChI is InChI=1S/C9H18NO4PS2/c1-4-10(6-9(12)13)8(11)7-17(3)15(16)14-5-2/h4-7H2,1-3H3,(H,12,13). The number of hydrogen-bond donors (Lipinski definition) is 1. The number of hydrogen-bond acceptors (Lipinski definition) is 4. The van der Waals surface area contributed by atoms with Gasteiger partial charge in [-0.1, -0.05) is 0 Å². The molecule has 100 valence electrons. The van der Waals surface area contributed by atoms with Crippen LogP contribution in [0.25, 0.3) is 0 Å². The Morgan fingerprint density at radius 2 is 2.06 bits per heavy atom. The van der Waals surface area contributed by atoms with E-state index in [1.54, 1.807) is 6.92 Å². The lowest BCUT2D eigenvalue weighted by molar-refractivity contribution is -0.143. The Kier molecular flexibility index (Phi) is 8.68. The molecular formula is C9H18NO4PS2. The van der Waals surface area contributed by atoms with Gasteiger partial charge in [-0.05, 0) is 31.9 Å². The van der Waals surface area contributed by atoms with E-state index < -0.39 is 11.7 Å². The molecule has 8 heteroatoms. The second-order valence-corrected chi connectivity index (χ2v) is 9.94. The third-order valence-corrected chi connectivity index (χ3v) is 8.36. The summed E-state index contributed by atoms with van der Waals surface area (Å²) >= 11 is 5.16. The number of carboxylic acid groups (broad SMARTS) is 1. The average Bonchev–Trinajstić information content (AvgIpc) is 2.25. The second-order valence-electron chi connectivity index (χ2n) is 3.19. The number of carboxylic acids is 1. The second kappa shape index (κ2) is 8.80. The van der Waals surface area contributed by atoms with Crippen LogP contribution in [0.4, 0.5) is 0 Å². The van der Waals surface area contributed by atoms with Crippen molar-refractivity contribution in [2.45, 2.75) is 13.8 Å². The minimum absolute atomic E-state index is 0.169. The van der Waals surface area contributed by atoms with Gasteiger partial charge in [0, 0.05) is 6.54 Å². The summed E-state index contributed by atoms with van der Waals surface area (Å²) in [7, 11) is -0.308. The quantitative estimate of drug-likeness (QED) is 0.710. The molecule has 0 aromatic carbocycles. The van der Waals surface area contributed by atoms with Crippen LogP contribution in [0.3, 0.4) is 0 Å². The Bertz CT molecular complexity index is 366. The van der Waals surface area contributed by atoms with Crippen LogP contribution < -0.4 is 0 Å². The molecule has 2 unspecified atom stereocenters. The fourth-order valence-electron chi connectivity index (χ4n) is 1.06. The van der Waals surface area contributed by atoms with Crippen LogP contribution in [0.2, 0.25) is 0 Å². The number of aliphatic carboxylic acids is 1. The molecule has 0 saturated carbocycles. The summed E-state index contributed by atoms with van der Waals surface area (Å²) in [6.45, 7) is 4.31. The first kappa shape index (κ1) is 16.8. The molecule has 1 N–H and O–H groups in total. The largest absolute Gasteiger partial charge is 0.480 e. The van der Waals surface area contributed by atoms with E-state index in [0.29, 0.717) is 13.2 Å². The van der Waals surface area contributed by atoms with Gasteiger partial charge in [-0.15, -0.1) is 10.1 Å². The molecule has 0 radical (unpaired) electrons. The number of nitrogens with zero attached hydrogens (tertiary/aromatic N) is 1. The van der Waals surface area contributed by atoms with Crippen LogP contribution in [-0.2, 0) is 36.0 Å².